The summed E-state index contributed by atoms with van der Waals surface area (Å²) in [4.78, 5) is 17.4. The fourth-order valence-electron chi connectivity index (χ4n) is 2.48. The second-order valence-corrected chi connectivity index (χ2v) is 5.06. The van der Waals surface area contributed by atoms with Crippen LogP contribution in [0.1, 0.15) is 16.7 Å². The smallest absolute Gasteiger partial charge is 0.269 e. The highest BCUT2D eigenvalue weighted by Gasteiger charge is 2.20. The van der Waals surface area contributed by atoms with Crippen LogP contribution in [0.2, 0.25) is 0 Å². The molecule has 0 saturated heterocycles. The van der Waals surface area contributed by atoms with Crippen molar-refractivity contribution < 1.29 is 10.0 Å². The highest BCUT2D eigenvalue weighted by molar-refractivity contribution is 5.92. The molecule has 24 heavy (non-hydrogen) atoms. The maximum Gasteiger partial charge on any atom is 0.269 e. The zero-order chi connectivity index (χ0) is 17.4. The number of rotatable bonds is 2. The van der Waals surface area contributed by atoms with E-state index in [9.17, 15) is 20.5 Å². The number of nitrogens with zero attached hydrogens (tertiary/aromatic N) is 4. The van der Waals surface area contributed by atoms with E-state index in [0.717, 1.165) is 0 Å². The van der Waals surface area contributed by atoms with Gasteiger partial charge in [0.05, 0.1) is 10.5 Å². The molecule has 0 bridgehead atoms. The fraction of sp³-hybridized carbons (Fsp3) is 0.0625. The van der Waals surface area contributed by atoms with Crippen molar-refractivity contribution >= 4 is 16.7 Å². The third kappa shape index (κ3) is 2.11. The van der Waals surface area contributed by atoms with Gasteiger partial charge in [-0.05, 0) is 24.6 Å². The molecule has 1 heterocycles. The second-order valence-electron chi connectivity index (χ2n) is 5.06. The van der Waals surface area contributed by atoms with Crippen molar-refractivity contribution in [2.24, 2.45) is 0 Å². The lowest BCUT2D eigenvalue weighted by molar-refractivity contribution is -0.384. The van der Waals surface area contributed by atoms with Crippen LogP contribution in [0.4, 0.5) is 5.69 Å². The van der Waals surface area contributed by atoms with Gasteiger partial charge in [-0.25, -0.2) is 4.98 Å². The lowest BCUT2D eigenvalue weighted by Gasteiger charge is -2.04. The van der Waals surface area contributed by atoms with Crippen molar-refractivity contribution in [3.63, 3.8) is 0 Å². The molecule has 8 nitrogen and oxygen atoms in total. The molecule has 0 unspecified atom stereocenters. The number of phenols is 1. The molecule has 0 fully saturated rings. The number of hydrogen-bond donors (Lipinski definition) is 2. The number of nitro benzene ring substituents is 1. The first-order valence-electron chi connectivity index (χ1n) is 6.78. The Hall–Kier alpha value is -3.91. The average molecular weight is 319 g/mol. The van der Waals surface area contributed by atoms with E-state index < -0.39 is 4.92 Å². The van der Waals surface area contributed by atoms with E-state index in [0.29, 0.717) is 17.0 Å². The highest BCUT2D eigenvalue weighted by Crippen LogP contribution is 2.35. The molecule has 1 aromatic heterocycles. The highest BCUT2D eigenvalue weighted by atomic mass is 16.6. The lowest BCUT2D eigenvalue weighted by Crippen LogP contribution is -1.92. The summed E-state index contributed by atoms with van der Waals surface area (Å²) in [6.45, 7) is 1.57. The van der Waals surface area contributed by atoms with Crippen LogP contribution in [0.5, 0.6) is 5.75 Å². The maximum atomic E-state index is 10.7. The minimum Gasteiger partial charge on any atom is -0.504 e. The van der Waals surface area contributed by atoms with Gasteiger partial charge in [0.15, 0.2) is 5.75 Å². The van der Waals surface area contributed by atoms with Gasteiger partial charge in [-0.15, -0.1) is 0 Å². The molecule has 3 aromatic rings. The monoisotopic (exact) mass is 319 g/mol. The van der Waals surface area contributed by atoms with Crippen molar-refractivity contribution in [3.8, 4) is 29.3 Å². The standard InChI is InChI=1S/C16H9N5O3/c1-8-11(6-17)13-14(15(22)12(8)7-18)20-16(19-13)9-2-4-10(5-3-9)21(23)24/h2-5,22H,1H3,(H,19,20). The molecule has 0 atom stereocenters. The van der Waals surface area contributed by atoms with Crippen LogP contribution in [-0.4, -0.2) is 20.0 Å². The van der Waals surface area contributed by atoms with Gasteiger partial charge in [0.1, 0.15) is 34.6 Å². The molecular weight excluding hydrogens is 310 g/mol. The van der Waals surface area contributed by atoms with Gasteiger partial charge in [0.25, 0.3) is 5.69 Å². The molecule has 0 aliphatic rings. The zero-order valence-corrected chi connectivity index (χ0v) is 12.4. The summed E-state index contributed by atoms with van der Waals surface area (Å²) in [7, 11) is 0. The molecule has 0 saturated carbocycles. The Balaban J connectivity index is 2.26. The van der Waals surface area contributed by atoms with Gasteiger partial charge in [-0.1, -0.05) is 0 Å². The van der Waals surface area contributed by atoms with E-state index in [1.165, 1.54) is 24.3 Å². The van der Waals surface area contributed by atoms with Crippen molar-refractivity contribution in [3.05, 3.63) is 51.1 Å². The van der Waals surface area contributed by atoms with Crippen LogP contribution in [-0.2, 0) is 0 Å². The summed E-state index contributed by atoms with van der Waals surface area (Å²) in [5.74, 6) is 0.0610. The van der Waals surface area contributed by atoms with Gasteiger partial charge in [-0.3, -0.25) is 10.1 Å². The number of aromatic hydroxyl groups is 1. The number of H-pyrrole nitrogens is 1. The SMILES string of the molecule is Cc1c(C#N)c(O)c2[nH]c(-c3ccc([N+](=O)[O-])cc3)nc2c1C#N. The number of nitro groups is 1. The fourth-order valence-corrected chi connectivity index (χ4v) is 2.48. The summed E-state index contributed by atoms with van der Waals surface area (Å²) in [5, 5.41) is 39.4. The molecule has 2 aromatic carbocycles. The first-order chi connectivity index (χ1) is 11.5. The van der Waals surface area contributed by atoms with Crippen LogP contribution in [0.25, 0.3) is 22.4 Å². The van der Waals surface area contributed by atoms with Gasteiger partial charge < -0.3 is 10.1 Å². The Bertz CT molecular complexity index is 1070. The Morgan fingerprint density at radius 3 is 2.38 bits per heavy atom. The van der Waals surface area contributed by atoms with E-state index in [1.54, 1.807) is 6.92 Å². The zero-order valence-electron chi connectivity index (χ0n) is 12.4. The first kappa shape index (κ1) is 15.0. The summed E-state index contributed by atoms with van der Waals surface area (Å²) in [5.41, 5.74) is 1.49. The normalized spacial score (nSPS) is 10.3. The first-order valence-corrected chi connectivity index (χ1v) is 6.78. The lowest BCUT2D eigenvalue weighted by atomic mass is 10.0. The molecule has 8 heteroatoms. The van der Waals surface area contributed by atoms with Crippen LogP contribution >= 0.6 is 0 Å². The van der Waals surface area contributed by atoms with Crippen molar-refractivity contribution in [2.75, 3.05) is 0 Å². The summed E-state index contributed by atoms with van der Waals surface area (Å²) < 4.78 is 0. The number of nitriles is 2. The van der Waals surface area contributed by atoms with E-state index in [-0.39, 0.29) is 33.6 Å². The number of hydrogen-bond acceptors (Lipinski definition) is 6. The molecule has 0 amide bonds. The van der Waals surface area contributed by atoms with Crippen LogP contribution < -0.4 is 0 Å². The third-order valence-electron chi connectivity index (χ3n) is 3.74. The maximum absolute atomic E-state index is 10.7. The number of benzene rings is 2. The van der Waals surface area contributed by atoms with Gasteiger partial charge in [0, 0.05) is 17.7 Å². The molecule has 0 spiro atoms. The Morgan fingerprint density at radius 1 is 1.21 bits per heavy atom. The van der Waals surface area contributed by atoms with Crippen molar-refractivity contribution in [2.45, 2.75) is 6.92 Å². The molecular formula is C16H9N5O3. The largest absolute Gasteiger partial charge is 0.504 e. The van der Waals surface area contributed by atoms with Crippen LogP contribution in [0, 0.1) is 39.7 Å². The topological polar surface area (TPSA) is 140 Å². The molecule has 0 radical (unpaired) electrons. The number of non-ortho nitro benzene ring substituents is 1. The number of aromatic nitrogens is 2. The van der Waals surface area contributed by atoms with Crippen LogP contribution in [0.15, 0.2) is 24.3 Å². The Morgan fingerprint density at radius 2 is 1.83 bits per heavy atom. The predicted octanol–water partition coefficient (Wildman–Crippen LogP) is 2.90. The minimum absolute atomic E-state index is 0.0120. The molecule has 0 aliphatic heterocycles. The third-order valence-corrected chi connectivity index (χ3v) is 3.74. The van der Waals surface area contributed by atoms with Gasteiger partial charge >= 0.3 is 0 Å². The van der Waals surface area contributed by atoms with Crippen molar-refractivity contribution in [1.29, 1.82) is 10.5 Å². The average Bonchev–Trinajstić information content (AvgIpc) is 3.01. The molecule has 0 aliphatic carbocycles. The minimum atomic E-state index is -0.509. The number of nitrogens with one attached hydrogen (secondary N) is 1. The van der Waals surface area contributed by atoms with E-state index in [1.807, 2.05) is 12.1 Å². The molecule has 2 N–H and O–H groups in total. The van der Waals surface area contributed by atoms with Gasteiger partial charge in [-0.2, -0.15) is 10.5 Å². The van der Waals surface area contributed by atoms with E-state index >= 15 is 0 Å². The Labute approximate surface area is 135 Å². The predicted molar refractivity (Wildman–Crippen MR) is 84.0 cm³/mol. The summed E-state index contributed by atoms with van der Waals surface area (Å²) in [6, 6.07) is 9.56. The summed E-state index contributed by atoms with van der Waals surface area (Å²) in [6.07, 6.45) is 0. The molecule has 3 rings (SSSR count). The quantitative estimate of drug-likeness (QED) is 0.549. The van der Waals surface area contributed by atoms with Crippen LogP contribution in [0.3, 0.4) is 0 Å². The van der Waals surface area contributed by atoms with E-state index in [4.69, 9.17) is 5.26 Å². The number of imidazole rings is 1. The number of aromatic amines is 1. The second kappa shape index (κ2) is 5.38. The number of phenolic OH excluding ortho intramolecular Hbond substituents is 1. The molecule has 116 valence electrons. The van der Waals surface area contributed by atoms with Gasteiger partial charge in [0.2, 0.25) is 0 Å². The summed E-state index contributed by atoms with van der Waals surface area (Å²) >= 11 is 0. The Kier molecular flexibility index (Phi) is 3.36. The van der Waals surface area contributed by atoms with E-state index in [2.05, 4.69) is 9.97 Å². The number of fused-ring (bicyclic) bond motifs is 1. The van der Waals surface area contributed by atoms with Crippen molar-refractivity contribution in [1.82, 2.24) is 9.97 Å².